The van der Waals surface area contributed by atoms with Crippen molar-refractivity contribution in [3.05, 3.63) is 326 Å². The largest absolute Gasteiger partial charge is 0.486 e. The Balaban J connectivity index is 0.000000153. The van der Waals surface area contributed by atoms with Gasteiger partial charge in [-0.05, 0) is 173 Å². The molecule has 3 aliphatic carbocycles. The molecule has 12 heterocycles. The second kappa shape index (κ2) is 48.2. The molecule has 1 unspecified atom stereocenters. The SMILES string of the molecule is [2H]C(C)(C)c1cc(-c2[c-]cccc2)ncc1[Si](C)(C)C.[2H]C(C)(C)c1cc(-c2[c-]cccc2)ncc1[Si](C)(C)C.[2H]C(C)(C)c1cc(-c2[c-]cccc2)ncc1[Si](C)(C)C.[2H]C(C)(c1ccnc(-c2[c-]ccc3c2oc2ncccc23)c1)C1CCCCC1.[2H]c1[c-]c(-c2cc(C([2H])([2H])C3CCCC3)ccn2)c2oc3nc([2H])c([2H])c([2H])c3c2c1[2H].[2H]c1ccc2c(n1)oc1c(-c3cc(C([2H])([2H])C4CCCCC4)ccn3)[c-]ccc12.[Ir].[Ir].[Ir]. The molecule has 3 saturated carbocycles. The quantitative estimate of drug-likeness (QED) is 0.0593. The van der Waals surface area contributed by atoms with E-state index in [4.69, 9.17) is 32.4 Å². The smallest absolute Gasteiger partial charge is 0.216 e. The Morgan fingerprint density at radius 2 is 0.754 bits per heavy atom. The van der Waals surface area contributed by atoms with Gasteiger partial charge >= 0.3 is 0 Å². The molecule has 18 heteroatoms. The predicted molar refractivity (Wildman–Crippen MR) is 568 cm³/mol. The molecule has 12 nitrogen and oxygen atoms in total. The van der Waals surface area contributed by atoms with Gasteiger partial charge in [0, 0.05) is 145 Å². The van der Waals surface area contributed by atoms with E-state index < -0.39 is 66.7 Å². The van der Waals surface area contributed by atoms with Gasteiger partial charge in [0.05, 0.1) is 46.5 Å². The third-order valence-electron chi connectivity index (χ3n) is 25.4. The van der Waals surface area contributed by atoms with Crippen LogP contribution in [0, 0.1) is 54.2 Å². The number of furan rings is 3. The Morgan fingerprint density at radius 1 is 0.355 bits per heavy atom. The van der Waals surface area contributed by atoms with Crippen LogP contribution in [0.4, 0.5) is 0 Å². The average Bonchev–Trinajstić information content (AvgIpc) is 1.57. The topological polar surface area (TPSA) is 155 Å². The fraction of sp³-hybridized carbons (Fsp3) is 0.325. The summed E-state index contributed by atoms with van der Waals surface area (Å²) in [6.45, 7) is 34.4. The zero-order chi connectivity index (χ0) is 107. The summed E-state index contributed by atoms with van der Waals surface area (Å²) in [7, 11) is -4.51. The van der Waals surface area contributed by atoms with E-state index in [0.29, 0.717) is 51.0 Å². The van der Waals surface area contributed by atoms with Crippen molar-refractivity contribution in [1.29, 1.82) is 0 Å². The monoisotopic (exact) mass is 2420 g/mol. The first-order chi connectivity index (χ1) is 70.5. The van der Waals surface area contributed by atoms with Crippen LogP contribution in [0.3, 0.4) is 0 Å². The average molecular weight is 2420 g/mol. The molecule has 0 spiro atoms. The minimum atomic E-state index is -1.53. The third kappa shape index (κ3) is 25.9. The van der Waals surface area contributed by atoms with Crippen molar-refractivity contribution in [3.8, 4) is 67.5 Å². The minimum absolute atomic E-state index is 0. The number of fused-ring (bicyclic) bond motifs is 9. The first-order valence-electron chi connectivity index (χ1n) is 54.4. The van der Waals surface area contributed by atoms with Crippen LogP contribution in [-0.2, 0) is 73.1 Å². The number of rotatable bonds is 18. The van der Waals surface area contributed by atoms with Crippen molar-refractivity contribution >= 4 is 106 Å². The zero-order valence-corrected chi connectivity index (χ0v) is 91.9. The molecule has 1 atom stereocenters. The van der Waals surface area contributed by atoms with Crippen molar-refractivity contribution < 1.29 is 92.8 Å². The van der Waals surface area contributed by atoms with Crippen LogP contribution in [0.25, 0.3) is 134 Å². The summed E-state index contributed by atoms with van der Waals surface area (Å²) in [6, 6.07) is 73.6. The maximum absolute atomic E-state index is 9.10. The van der Waals surface area contributed by atoms with E-state index in [-0.39, 0.29) is 130 Å². The van der Waals surface area contributed by atoms with Gasteiger partial charge in [0.15, 0.2) is 0 Å². The molecule has 21 rings (SSSR count). The molecule has 18 aromatic rings. The Bertz CT molecular complexity index is 7580. The minimum Gasteiger partial charge on any atom is -0.486 e. The molecular weight excluding hydrogens is 2280 g/mol. The Labute approximate surface area is 881 Å². The van der Waals surface area contributed by atoms with E-state index in [1.54, 1.807) is 36.7 Å². The van der Waals surface area contributed by atoms with Crippen molar-refractivity contribution in [3.63, 3.8) is 0 Å². The predicted octanol–water partition coefficient (Wildman–Crippen LogP) is 30.7. The standard InChI is InChI=1S/C24H23N2O.C23H21N2O.C22H19N2O.3C17H22NSi.3Ir/c1-16(17-7-3-2-4-8-17)18-12-14-25-22(15-18)21-10-5-9-19-20-11-6-13-26-24(20)27-23(19)21;1-2-6-16(7-3-1)14-17-11-13-24-21(15-17)20-9-4-8-18-19-10-5-12-25-23(19)26-22(18)20;1-2-6-15(5-1)13-16-10-12-23-20(14-16)19-8-3-7-17-18-9-4-11-24-22(18)25-21(17)19;3*1-13(2)15-11-16(14-9-7-6-8-10-14)18-12-17(15)19(3,4)5;;;/h5-6,9,11-17H,2-4,7-8H2,1H3;4-5,8,10-13,15-16H,1-3,6-7,14H2;3-4,7,9-12,14-15H,1-2,5-6,13H2;3*6-9,11-13H,1-5H3;;;/q6*-1;;;/i16D;12D,14D2;3D,4D,7D,9D,11D,13D2;3*13D;;;. The van der Waals surface area contributed by atoms with Gasteiger partial charge in [-0.15, -0.1) is 162 Å². The maximum atomic E-state index is 9.10. The second-order valence-electron chi connectivity index (χ2n) is 39.1. The van der Waals surface area contributed by atoms with E-state index in [1.165, 1.54) is 47.4 Å². The number of benzene rings is 6. The molecule has 0 amide bonds. The molecule has 138 heavy (non-hydrogen) atoms. The molecule has 3 fully saturated rings. The van der Waals surface area contributed by atoms with Crippen LogP contribution in [-0.4, -0.2) is 69.1 Å². The van der Waals surface area contributed by atoms with Gasteiger partial charge in [0.2, 0.25) is 17.1 Å². The van der Waals surface area contributed by atoms with E-state index in [2.05, 4.69) is 165 Å². The first kappa shape index (κ1) is 86.7. The van der Waals surface area contributed by atoms with Gasteiger partial charge in [-0.1, -0.05) is 287 Å². The normalized spacial score (nSPS) is 16.1. The van der Waals surface area contributed by atoms with Crippen LogP contribution >= 0.6 is 0 Å². The van der Waals surface area contributed by atoms with E-state index in [0.717, 1.165) is 159 Å². The second-order valence-corrected chi connectivity index (χ2v) is 54.2. The van der Waals surface area contributed by atoms with Gasteiger partial charge in [-0.3, -0.25) is 0 Å². The summed E-state index contributed by atoms with van der Waals surface area (Å²) >= 11 is 0. The molecule has 717 valence electrons. The molecule has 0 bridgehead atoms. The number of nitrogens with zero attached hydrogens (tertiary/aromatic N) is 9. The number of pyridine rings is 9. The van der Waals surface area contributed by atoms with Gasteiger partial charge in [0.25, 0.3) is 0 Å². The van der Waals surface area contributed by atoms with Gasteiger partial charge in [0.1, 0.15) is 0 Å². The Hall–Kier alpha value is -10.3. The van der Waals surface area contributed by atoms with Crippen molar-refractivity contribution in [2.45, 2.75) is 234 Å². The third-order valence-corrected chi connectivity index (χ3v) is 31.4. The van der Waals surface area contributed by atoms with Gasteiger partial charge < -0.3 is 43.2 Å². The van der Waals surface area contributed by atoms with Crippen LogP contribution < -0.4 is 15.6 Å². The number of aromatic nitrogens is 9. The summed E-state index contributed by atoms with van der Waals surface area (Å²) in [5.74, 6) is -2.08. The fourth-order valence-corrected chi connectivity index (χ4v) is 22.9. The zero-order valence-electron chi connectivity index (χ0n) is 95.7. The van der Waals surface area contributed by atoms with Gasteiger partial charge in [-0.2, -0.15) is 0 Å². The van der Waals surface area contributed by atoms with Crippen molar-refractivity contribution in [1.82, 2.24) is 44.9 Å². The van der Waals surface area contributed by atoms with Crippen LogP contribution in [0.5, 0.6) is 0 Å². The summed E-state index contributed by atoms with van der Waals surface area (Å²) in [4.78, 5) is 39.7. The van der Waals surface area contributed by atoms with Crippen LogP contribution in [0.2, 0.25) is 58.9 Å². The Kier molecular flexibility index (Phi) is 30.3. The molecular formula is C120H129Ir3N9O3Si3-6. The van der Waals surface area contributed by atoms with E-state index >= 15 is 0 Å². The number of hydrogen-bond acceptors (Lipinski definition) is 12. The van der Waals surface area contributed by atoms with Crippen LogP contribution in [0.15, 0.2) is 269 Å². The van der Waals surface area contributed by atoms with Crippen LogP contribution in [0.1, 0.15) is 215 Å². The van der Waals surface area contributed by atoms with Gasteiger partial charge in [-0.25, -0.2) is 15.0 Å². The maximum Gasteiger partial charge on any atom is 0.216 e. The molecule has 3 aliphatic rings. The van der Waals surface area contributed by atoms with Crippen molar-refractivity contribution in [2.24, 2.45) is 17.8 Å². The molecule has 0 aliphatic heterocycles. The fourth-order valence-electron chi connectivity index (χ4n) is 18.1. The molecule has 6 aromatic carbocycles. The molecule has 0 saturated heterocycles. The Morgan fingerprint density at radius 3 is 1.20 bits per heavy atom. The number of hydrogen-bond donors (Lipinski definition) is 0. The summed E-state index contributed by atoms with van der Waals surface area (Å²) < 4.78 is 135. The van der Waals surface area contributed by atoms with Crippen molar-refractivity contribution in [2.75, 3.05) is 0 Å². The summed E-state index contributed by atoms with van der Waals surface area (Å²) in [6.07, 6.45) is 24.5. The molecule has 0 N–H and O–H groups in total. The molecule has 12 aromatic heterocycles. The first-order valence-corrected chi connectivity index (χ1v) is 57.9. The summed E-state index contributed by atoms with van der Waals surface area (Å²) in [5, 5.41) is 7.83. The van der Waals surface area contributed by atoms with E-state index in [9.17, 15) is 0 Å². The summed E-state index contributed by atoms with van der Waals surface area (Å²) in [5.41, 5.74) is 17.2. The molecule has 3 radical (unpaired) electrons. The van der Waals surface area contributed by atoms with E-state index in [1.807, 2.05) is 200 Å².